The van der Waals surface area contributed by atoms with Crippen LogP contribution in [0.2, 0.25) is 5.02 Å². The van der Waals surface area contributed by atoms with Crippen molar-refractivity contribution in [2.24, 2.45) is 5.92 Å². The highest BCUT2D eigenvalue weighted by molar-refractivity contribution is 6.30. The molecule has 3 N–H and O–H groups in total. The van der Waals surface area contributed by atoms with Gasteiger partial charge in [-0.3, -0.25) is 0 Å². The van der Waals surface area contributed by atoms with Crippen LogP contribution in [0, 0.1) is 5.92 Å². The van der Waals surface area contributed by atoms with Gasteiger partial charge in [0.1, 0.15) is 5.75 Å². The van der Waals surface area contributed by atoms with Crippen molar-refractivity contribution in [1.29, 1.82) is 0 Å². The minimum Gasteiger partial charge on any atom is -0.496 e. The summed E-state index contributed by atoms with van der Waals surface area (Å²) in [5.41, 5.74) is 0.824. The average Bonchev–Trinajstić information content (AvgIpc) is 2.92. The maximum Gasteiger partial charge on any atom is 0.315 e. The maximum atomic E-state index is 11.9. The van der Waals surface area contributed by atoms with E-state index in [4.69, 9.17) is 16.3 Å². The number of carbonyl (C=O) groups is 1. The summed E-state index contributed by atoms with van der Waals surface area (Å²) in [5.74, 6) is 0.852. The first-order chi connectivity index (χ1) is 10.1. The zero-order valence-corrected chi connectivity index (χ0v) is 12.8. The molecule has 0 aliphatic heterocycles. The van der Waals surface area contributed by atoms with Gasteiger partial charge >= 0.3 is 6.03 Å². The van der Waals surface area contributed by atoms with Gasteiger partial charge in [0.05, 0.1) is 7.11 Å². The summed E-state index contributed by atoms with van der Waals surface area (Å²) in [7, 11) is 1.58. The van der Waals surface area contributed by atoms with Crippen LogP contribution in [0.1, 0.15) is 24.8 Å². The second-order valence-electron chi connectivity index (χ2n) is 5.26. The van der Waals surface area contributed by atoms with Crippen molar-refractivity contribution in [3.05, 3.63) is 28.8 Å². The first-order valence-corrected chi connectivity index (χ1v) is 7.49. The minimum atomic E-state index is -0.234. The highest BCUT2D eigenvalue weighted by Crippen LogP contribution is 2.25. The Hall–Kier alpha value is -1.46. The number of nitrogens with one attached hydrogen (secondary N) is 2. The van der Waals surface area contributed by atoms with Crippen LogP contribution in [0.3, 0.4) is 0 Å². The van der Waals surface area contributed by atoms with E-state index in [0.29, 0.717) is 17.3 Å². The van der Waals surface area contributed by atoms with Crippen LogP contribution >= 0.6 is 11.6 Å². The lowest BCUT2D eigenvalue weighted by molar-refractivity contribution is 0.199. The van der Waals surface area contributed by atoms with E-state index in [0.717, 1.165) is 24.8 Å². The highest BCUT2D eigenvalue weighted by atomic mass is 35.5. The number of benzene rings is 1. The number of rotatable bonds is 5. The molecule has 2 amide bonds. The second kappa shape index (κ2) is 7.52. The van der Waals surface area contributed by atoms with E-state index in [2.05, 4.69) is 10.6 Å². The van der Waals surface area contributed by atoms with Gasteiger partial charge in [-0.05, 0) is 31.0 Å². The normalized spacial score (nSPS) is 21.1. The summed E-state index contributed by atoms with van der Waals surface area (Å²) in [5, 5.41) is 15.6. The van der Waals surface area contributed by atoms with Gasteiger partial charge in [-0.1, -0.05) is 18.0 Å². The molecule has 5 nitrogen and oxygen atoms in total. The molecule has 1 saturated carbocycles. The molecular formula is C15H21ClN2O3. The van der Waals surface area contributed by atoms with Crippen LogP contribution in [-0.2, 0) is 6.54 Å². The molecule has 1 aromatic rings. The van der Waals surface area contributed by atoms with Gasteiger partial charge in [-0.2, -0.15) is 0 Å². The van der Waals surface area contributed by atoms with E-state index >= 15 is 0 Å². The topological polar surface area (TPSA) is 70.6 Å². The Balaban J connectivity index is 1.88. The zero-order valence-electron chi connectivity index (χ0n) is 12.1. The predicted octanol–water partition coefficient (Wildman–Crippen LogP) is 2.31. The van der Waals surface area contributed by atoms with E-state index in [9.17, 15) is 9.90 Å². The summed E-state index contributed by atoms with van der Waals surface area (Å²) in [6, 6.07) is 5.11. The summed E-state index contributed by atoms with van der Waals surface area (Å²) in [6.45, 7) is 0.457. The van der Waals surface area contributed by atoms with Gasteiger partial charge in [0.2, 0.25) is 0 Å². The van der Waals surface area contributed by atoms with Crippen molar-refractivity contribution in [2.45, 2.75) is 31.8 Å². The monoisotopic (exact) mass is 312 g/mol. The van der Waals surface area contributed by atoms with Gasteiger partial charge in [-0.15, -0.1) is 0 Å². The molecule has 1 aliphatic carbocycles. The van der Waals surface area contributed by atoms with Crippen molar-refractivity contribution in [3.63, 3.8) is 0 Å². The third-order valence-corrected chi connectivity index (χ3v) is 4.13. The molecule has 2 atom stereocenters. The van der Waals surface area contributed by atoms with Crippen molar-refractivity contribution in [2.75, 3.05) is 13.7 Å². The third-order valence-electron chi connectivity index (χ3n) is 3.89. The fourth-order valence-corrected chi connectivity index (χ4v) is 2.92. The lowest BCUT2D eigenvalue weighted by Gasteiger charge is -2.19. The summed E-state index contributed by atoms with van der Waals surface area (Å²) in [6.07, 6.45) is 2.92. The van der Waals surface area contributed by atoms with Gasteiger partial charge in [0.15, 0.2) is 0 Å². The molecule has 0 unspecified atom stereocenters. The Labute approximate surface area is 129 Å². The van der Waals surface area contributed by atoms with Crippen molar-refractivity contribution < 1.29 is 14.6 Å². The molecule has 0 heterocycles. The SMILES string of the molecule is COc1ccc(Cl)cc1CNC(=O)N[C@H]1CCC[C@@H]1CO. The molecule has 1 aromatic carbocycles. The largest absolute Gasteiger partial charge is 0.496 e. The van der Waals surface area contributed by atoms with Gasteiger partial charge in [-0.25, -0.2) is 4.79 Å². The average molecular weight is 313 g/mol. The molecule has 0 bridgehead atoms. The molecule has 2 rings (SSSR count). The van der Waals surface area contributed by atoms with E-state index in [1.807, 2.05) is 0 Å². The number of urea groups is 1. The van der Waals surface area contributed by atoms with Crippen molar-refractivity contribution >= 4 is 17.6 Å². The van der Waals surface area contributed by atoms with Crippen molar-refractivity contribution in [1.82, 2.24) is 10.6 Å². The van der Waals surface area contributed by atoms with Gasteiger partial charge in [0.25, 0.3) is 0 Å². The maximum absolute atomic E-state index is 11.9. The molecule has 0 saturated heterocycles. The number of carbonyl (C=O) groups excluding carboxylic acids is 1. The fourth-order valence-electron chi connectivity index (χ4n) is 2.73. The number of ether oxygens (including phenoxy) is 1. The van der Waals surface area contributed by atoms with Gasteiger partial charge in [0, 0.05) is 35.7 Å². The smallest absolute Gasteiger partial charge is 0.315 e. The highest BCUT2D eigenvalue weighted by Gasteiger charge is 2.27. The molecular weight excluding hydrogens is 292 g/mol. The van der Waals surface area contributed by atoms with Crippen LogP contribution in [0.5, 0.6) is 5.75 Å². The first-order valence-electron chi connectivity index (χ1n) is 7.11. The van der Waals surface area contributed by atoms with E-state index in [1.54, 1.807) is 25.3 Å². The number of halogens is 1. The number of aliphatic hydroxyl groups excluding tert-OH is 1. The number of methoxy groups -OCH3 is 1. The van der Waals surface area contributed by atoms with E-state index in [1.165, 1.54) is 0 Å². The molecule has 1 fully saturated rings. The molecule has 6 heteroatoms. The Morgan fingerprint density at radius 2 is 2.29 bits per heavy atom. The fraction of sp³-hybridized carbons (Fsp3) is 0.533. The van der Waals surface area contributed by atoms with Crippen molar-refractivity contribution in [3.8, 4) is 5.75 Å². The molecule has 21 heavy (non-hydrogen) atoms. The van der Waals surface area contributed by atoms with E-state index in [-0.39, 0.29) is 24.6 Å². The lowest BCUT2D eigenvalue weighted by atomic mass is 10.1. The molecule has 0 radical (unpaired) electrons. The Bertz CT molecular complexity index is 496. The summed E-state index contributed by atoms with van der Waals surface area (Å²) >= 11 is 5.95. The summed E-state index contributed by atoms with van der Waals surface area (Å²) in [4.78, 5) is 11.9. The van der Waals surface area contributed by atoms with Crippen LogP contribution in [0.25, 0.3) is 0 Å². The third kappa shape index (κ3) is 4.25. The lowest BCUT2D eigenvalue weighted by Crippen LogP contribution is -2.44. The number of amides is 2. The van der Waals surface area contributed by atoms with Crippen LogP contribution in [0.4, 0.5) is 4.79 Å². The Kier molecular flexibility index (Phi) is 5.70. The Morgan fingerprint density at radius 1 is 1.48 bits per heavy atom. The summed E-state index contributed by atoms with van der Waals surface area (Å²) < 4.78 is 5.24. The van der Waals surface area contributed by atoms with E-state index < -0.39 is 0 Å². The molecule has 0 aromatic heterocycles. The zero-order chi connectivity index (χ0) is 15.2. The first kappa shape index (κ1) is 15.9. The minimum absolute atomic E-state index is 0.0521. The second-order valence-corrected chi connectivity index (χ2v) is 5.70. The molecule has 0 spiro atoms. The quantitative estimate of drug-likeness (QED) is 0.781. The van der Waals surface area contributed by atoms with Crippen LogP contribution in [0.15, 0.2) is 18.2 Å². The van der Waals surface area contributed by atoms with Gasteiger partial charge < -0.3 is 20.5 Å². The number of aliphatic hydroxyl groups is 1. The predicted molar refractivity (Wildman–Crippen MR) is 81.6 cm³/mol. The standard InChI is InChI=1S/C15H21ClN2O3/c1-21-14-6-5-12(16)7-11(14)8-17-15(20)18-13-4-2-3-10(13)9-19/h5-7,10,13,19H,2-4,8-9H2,1H3,(H2,17,18,20)/t10-,13+/m1/s1. The van der Waals surface area contributed by atoms with Crippen LogP contribution in [-0.4, -0.2) is 30.9 Å². The number of hydrogen-bond acceptors (Lipinski definition) is 3. The number of hydrogen-bond donors (Lipinski definition) is 3. The molecule has 1 aliphatic rings. The van der Waals surface area contributed by atoms with Crippen LogP contribution < -0.4 is 15.4 Å². The Morgan fingerprint density at radius 3 is 3.00 bits per heavy atom. The molecule has 116 valence electrons.